The van der Waals surface area contributed by atoms with Crippen molar-refractivity contribution in [3.63, 3.8) is 0 Å². The molecule has 3 aromatic rings. The number of hydrogen-bond donors (Lipinski definition) is 2. The van der Waals surface area contributed by atoms with Crippen LogP contribution in [0.1, 0.15) is 24.2 Å². The SMILES string of the molecule is Cc1nc([C@H]2OCC[C@H]2CNc2nc3cc(F)ccc3o2)n[nH]1. The van der Waals surface area contributed by atoms with Gasteiger partial charge in [-0.25, -0.2) is 9.37 Å². The Kier molecular flexibility index (Phi) is 3.45. The molecule has 0 amide bonds. The summed E-state index contributed by atoms with van der Waals surface area (Å²) in [6.07, 6.45) is 0.759. The number of ether oxygens (including phenoxy) is 1. The topological polar surface area (TPSA) is 88.9 Å². The molecule has 2 aromatic heterocycles. The molecule has 0 unspecified atom stereocenters. The lowest BCUT2D eigenvalue weighted by molar-refractivity contribution is 0.0863. The summed E-state index contributed by atoms with van der Waals surface area (Å²) in [5, 5.41) is 10.2. The number of halogens is 1. The second kappa shape index (κ2) is 5.62. The summed E-state index contributed by atoms with van der Waals surface area (Å²) in [6.45, 7) is 3.15. The normalized spacial score (nSPS) is 21.1. The number of rotatable bonds is 4. The van der Waals surface area contributed by atoms with Gasteiger partial charge in [-0.3, -0.25) is 5.10 Å². The third kappa shape index (κ3) is 2.77. The van der Waals surface area contributed by atoms with Gasteiger partial charge in [-0.15, -0.1) is 0 Å². The minimum absolute atomic E-state index is 0.144. The lowest BCUT2D eigenvalue weighted by Crippen LogP contribution is -2.19. The maximum atomic E-state index is 13.2. The molecule has 1 aliphatic rings. The van der Waals surface area contributed by atoms with Crippen molar-refractivity contribution in [2.45, 2.75) is 19.4 Å². The quantitative estimate of drug-likeness (QED) is 0.769. The largest absolute Gasteiger partial charge is 0.424 e. The minimum Gasteiger partial charge on any atom is -0.424 e. The fourth-order valence-electron chi connectivity index (χ4n) is 2.81. The average molecular weight is 317 g/mol. The third-order valence-corrected chi connectivity index (χ3v) is 3.95. The predicted octanol–water partition coefficient (Wildman–Crippen LogP) is 2.58. The van der Waals surface area contributed by atoms with Crippen LogP contribution in [-0.2, 0) is 4.74 Å². The summed E-state index contributed by atoms with van der Waals surface area (Å²) in [5.74, 6) is 1.33. The van der Waals surface area contributed by atoms with E-state index in [1.54, 1.807) is 6.07 Å². The Hall–Kier alpha value is -2.48. The summed E-state index contributed by atoms with van der Waals surface area (Å²) in [4.78, 5) is 8.58. The zero-order chi connectivity index (χ0) is 15.8. The molecule has 2 N–H and O–H groups in total. The Labute approximate surface area is 131 Å². The number of aryl methyl sites for hydroxylation is 1. The van der Waals surface area contributed by atoms with Crippen LogP contribution in [0.15, 0.2) is 22.6 Å². The molecular weight excluding hydrogens is 301 g/mol. The number of fused-ring (bicyclic) bond motifs is 1. The molecule has 1 fully saturated rings. The summed E-state index contributed by atoms with van der Waals surface area (Å²) in [7, 11) is 0. The lowest BCUT2D eigenvalue weighted by atomic mass is 10.0. The summed E-state index contributed by atoms with van der Waals surface area (Å²) >= 11 is 0. The second-order valence-corrected chi connectivity index (χ2v) is 5.63. The number of anilines is 1. The molecule has 0 bridgehead atoms. The van der Waals surface area contributed by atoms with Gasteiger partial charge in [0.15, 0.2) is 11.4 Å². The van der Waals surface area contributed by atoms with Crippen LogP contribution < -0.4 is 5.32 Å². The van der Waals surface area contributed by atoms with Gasteiger partial charge in [0.1, 0.15) is 23.3 Å². The molecule has 0 spiro atoms. The van der Waals surface area contributed by atoms with Gasteiger partial charge in [0.25, 0.3) is 6.01 Å². The number of aromatic nitrogens is 4. The molecule has 0 saturated carbocycles. The number of nitrogens with zero attached hydrogens (tertiary/aromatic N) is 3. The van der Waals surface area contributed by atoms with E-state index in [1.807, 2.05) is 6.92 Å². The predicted molar refractivity (Wildman–Crippen MR) is 80.4 cm³/mol. The molecule has 1 saturated heterocycles. The first-order chi connectivity index (χ1) is 11.2. The van der Waals surface area contributed by atoms with Crippen molar-refractivity contribution in [2.24, 2.45) is 5.92 Å². The van der Waals surface area contributed by atoms with Gasteiger partial charge in [0.05, 0.1) is 0 Å². The van der Waals surface area contributed by atoms with Crippen molar-refractivity contribution in [3.05, 3.63) is 35.7 Å². The van der Waals surface area contributed by atoms with E-state index in [0.29, 0.717) is 36.1 Å². The number of oxazole rings is 1. The third-order valence-electron chi connectivity index (χ3n) is 3.95. The zero-order valence-electron chi connectivity index (χ0n) is 12.5. The summed E-state index contributed by atoms with van der Waals surface area (Å²) in [6, 6.07) is 4.65. The summed E-state index contributed by atoms with van der Waals surface area (Å²) < 4.78 is 24.5. The Morgan fingerprint density at radius 1 is 1.39 bits per heavy atom. The molecule has 8 heteroatoms. The molecule has 1 aliphatic heterocycles. The number of benzene rings is 1. The van der Waals surface area contributed by atoms with Crippen molar-refractivity contribution >= 4 is 17.1 Å². The number of nitrogens with one attached hydrogen (secondary N) is 2. The maximum absolute atomic E-state index is 13.2. The minimum atomic E-state index is -0.332. The van der Waals surface area contributed by atoms with Crippen LogP contribution in [0.3, 0.4) is 0 Å². The first kappa shape index (κ1) is 14.1. The zero-order valence-corrected chi connectivity index (χ0v) is 12.5. The van der Waals surface area contributed by atoms with E-state index < -0.39 is 0 Å². The smallest absolute Gasteiger partial charge is 0.295 e. The molecule has 0 radical (unpaired) electrons. The van der Waals surface area contributed by atoms with E-state index in [-0.39, 0.29) is 17.8 Å². The van der Waals surface area contributed by atoms with Crippen molar-refractivity contribution in [2.75, 3.05) is 18.5 Å². The highest BCUT2D eigenvalue weighted by Gasteiger charge is 2.32. The van der Waals surface area contributed by atoms with Crippen LogP contribution in [0.4, 0.5) is 10.4 Å². The Balaban J connectivity index is 1.46. The number of H-pyrrole nitrogens is 1. The van der Waals surface area contributed by atoms with Gasteiger partial charge < -0.3 is 14.5 Å². The summed E-state index contributed by atoms with van der Waals surface area (Å²) in [5.41, 5.74) is 1.05. The average Bonchev–Trinajstić information content (AvgIpc) is 3.22. The number of hydrogen-bond acceptors (Lipinski definition) is 6. The van der Waals surface area contributed by atoms with Crippen molar-refractivity contribution in [3.8, 4) is 0 Å². The van der Waals surface area contributed by atoms with E-state index in [9.17, 15) is 4.39 Å². The van der Waals surface area contributed by atoms with Crippen LogP contribution in [0.25, 0.3) is 11.1 Å². The van der Waals surface area contributed by atoms with Gasteiger partial charge in [-0.2, -0.15) is 10.1 Å². The van der Waals surface area contributed by atoms with Gasteiger partial charge >= 0.3 is 0 Å². The van der Waals surface area contributed by atoms with Gasteiger partial charge in [-0.05, 0) is 25.5 Å². The Morgan fingerprint density at radius 3 is 3.13 bits per heavy atom. The first-order valence-electron chi connectivity index (χ1n) is 7.49. The van der Waals surface area contributed by atoms with E-state index in [4.69, 9.17) is 9.15 Å². The number of aromatic amines is 1. The molecule has 1 aromatic carbocycles. The molecule has 120 valence electrons. The van der Waals surface area contributed by atoms with Crippen LogP contribution in [0.2, 0.25) is 0 Å². The van der Waals surface area contributed by atoms with Crippen LogP contribution in [0.5, 0.6) is 0 Å². The Bertz CT molecular complexity index is 830. The van der Waals surface area contributed by atoms with E-state index >= 15 is 0 Å². The fourth-order valence-corrected chi connectivity index (χ4v) is 2.81. The molecule has 7 nitrogen and oxygen atoms in total. The van der Waals surface area contributed by atoms with Crippen molar-refractivity contribution in [1.82, 2.24) is 20.2 Å². The van der Waals surface area contributed by atoms with Crippen LogP contribution >= 0.6 is 0 Å². The standard InChI is InChI=1S/C15H16FN5O2/c1-8-18-14(21-20-8)13-9(4-5-22-13)7-17-15-19-11-6-10(16)2-3-12(11)23-15/h2-3,6,9,13H,4-5,7H2,1H3,(H,17,19)(H,18,20,21)/t9-,13-/m0/s1. The highest BCUT2D eigenvalue weighted by Crippen LogP contribution is 2.33. The van der Waals surface area contributed by atoms with Crippen LogP contribution in [-0.4, -0.2) is 33.3 Å². The molecule has 2 atom stereocenters. The van der Waals surface area contributed by atoms with Crippen LogP contribution in [0, 0.1) is 18.7 Å². The van der Waals surface area contributed by atoms with Crippen molar-refractivity contribution in [1.29, 1.82) is 0 Å². The highest BCUT2D eigenvalue weighted by atomic mass is 19.1. The Morgan fingerprint density at radius 2 is 2.30 bits per heavy atom. The molecule has 23 heavy (non-hydrogen) atoms. The second-order valence-electron chi connectivity index (χ2n) is 5.63. The first-order valence-corrected chi connectivity index (χ1v) is 7.49. The molecule has 3 heterocycles. The van der Waals surface area contributed by atoms with E-state index in [0.717, 1.165) is 12.2 Å². The fraction of sp³-hybridized carbons (Fsp3) is 0.400. The van der Waals surface area contributed by atoms with Gasteiger partial charge in [0.2, 0.25) is 0 Å². The monoisotopic (exact) mass is 317 g/mol. The highest BCUT2D eigenvalue weighted by molar-refractivity contribution is 5.74. The molecule has 4 rings (SSSR count). The van der Waals surface area contributed by atoms with E-state index in [1.165, 1.54) is 12.1 Å². The molecular formula is C15H16FN5O2. The van der Waals surface area contributed by atoms with Gasteiger partial charge in [0, 0.05) is 25.1 Å². The molecule has 0 aliphatic carbocycles. The van der Waals surface area contributed by atoms with Gasteiger partial charge in [-0.1, -0.05) is 0 Å². The van der Waals surface area contributed by atoms with E-state index in [2.05, 4.69) is 25.5 Å². The lowest BCUT2D eigenvalue weighted by Gasteiger charge is -2.15. The maximum Gasteiger partial charge on any atom is 0.295 e. The van der Waals surface area contributed by atoms with Crippen molar-refractivity contribution < 1.29 is 13.5 Å².